The van der Waals surface area contributed by atoms with Gasteiger partial charge in [0.2, 0.25) is 5.91 Å². The van der Waals surface area contributed by atoms with Gasteiger partial charge in [-0.1, -0.05) is 32.0 Å². The number of para-hydroxylation sites is 1. The number of benzene rings is 1. The van der Waals surface area contributed by atoms with Crippen molar-refractivity contribution in [3.8, 4) is 0 Å². The van der Waals surface area contributed by atoms with Crippen LogP contribution in [0.1, 0.15) is 19.4 Å². The molecule has 3 nitrogen and oxygen atoms in total. The summed E-state index contributed by atoms with van der Waals surface area (Å²) in [6.45, 7) is 4.40. The third-order valence-corrected chi connectivity index (χ3v) is 1.88. The number of amides is 1. The van der Waals surface area contributed by atoms with E-state index in [-0.39, 0.29) is 11.8 Å². The summed E-state index contributed by atoms with van der Waals surface area (Å²) in [5, 5.41) is 2.66. The molecule has 1 aromatic rings. The Labute approximate surface area is 95.6 Å². The Kier molecular flexibility index (Phi) is 7.68. The topological polar surface area (TPSA) is 55.1 Å². The number of rotatable bonds is 3. The van der Waals surface area contributed by atoms with Crippen molar-refractivity contribution in [2.24, 2.45) is 5.73 Å². The van der Waals surface area contributed by atoms with Crippen LogP contribution in [-0.2, 0) is 11.3 Å². The second kappa shape index (κ2) is 8.26. The fraction of sp³-hybridized carbons (Fsp3) is 0.364. The first-order chi connectivity index (χ1) is 7.27. The van der Waals surface area contributed by atoms with Crippen LogP contribution in [-0.4, -0.2) is 11.8 Å². The van der Waals surface area contributed by atoms with Crippen molar-refractivity contribution in [1.82, 2.24) is 0 Å². The lowest BCUT2D eigenvalue weighted by atomic mass is 10.2. The Morgan fingerprint density at radius 3 is 2.53 bits per heavy atom. The third-order valence-electron chi connectivity index (χ3n) is 1.63. The standard InChI is InChI=1S/C9H11ClN2O.C2H6/c10-5-9(13)12-8-4-2-1-3-7(8)6-11;1-2/h1-4H,5-6,11H2,(H,12,13);1-2H3. The van der Waals surface area contributed by atoms with Crippen molar-refractivity contribution in [3.63, 3.8) is 0 Å². The van der Waals surface area contributed by atoms with Crippen molar-refractivity contribution in [1.29, 1.82) is 0 Å². The van der Waals surface area contributed by atoms with Crippen LogP contribution in [0.15, 0.2) is 24.3 Å². The maximum atomic E-state index is 11.0. The van der Waals surface area contributed by atoms with Crippen molar-refractivity contribution in [2.75, 3.05) is 11.2 Å². The highest BCUT2D eigenvalue weighted by atomic mass is 35.5. The van der Waals surface area contributed by atoms with E-state index < -0.39 is 0 Å². The summed E-state index contributed by atoms with van der Waals surface area (Å²) in [5.74, 6) is -0.263. The van der Waals surface area contributed by atoms with Crippen molar-refractivity contribution < 1.29 is 4.79 Å². The molecule has 1 rings (SSSR count). The van der Waals surface area contributed by atoms with Crippen molar-refractivity contribution in [2.45, 2.75) is 20.4 Å². The molecule has 0 aromatic heterocycles. The molecule has 0 radical (unpaired) electrons. The maximum Gasteiger partial charge on any atom is 0.239 e. The van der Waals surface area contributed by atoms with Gasteiger partial charge in [0, 0.05) is 12.2 Å². The van der Waals surface area contributed by atoms with E-state index in [0.717, 1.165) is 11.3 Å². The minimum atomic E-state index is -0.220. The lowest BCUT2D eigenvalue weighted by Gasteiger charge is -2.07. The SMILES string of the molecule is CC.NCc1ccccc1NC(=O)CCl. The van der Waals surface area contributed by atoms with Gasteiger partial charge < -0.3 is 11.1 Å². The highest BCUT2D eigenvalue weighted by molar-refractivity contribution is 6.29. The van der Waals surface area contributed by atoms with Crippen LogP contribution in [0.3, 0.4) is 0 Å². The molecule has 1 aromatic carbocycles. The zero-order valence-electron chi connectivity index (χ0n) is 9.09. The lowest BCUT2D eigenvalue weighted by Crippen LogP contribution is -2.14. The van der Waals surface area contributed by atoms with Crippen molar-refractivity contribution in [3.05, 3.63) is 29.8 Å². The highest BCUT2D eigenvalue weighted by Gasteiger charge is 2.02. The van der Waals surface area contributed by atoms with Crippen LogP contribution in [0.2, 0.25) is 0 Å². The zero-order valence-corrected chi connectivity index (χ0v) is 9.84. The summed E-state index contributed by atoms with van der Waals surface area (Å²) in [6, 6.07) is 7.37. The minimum Gasteiger partial charge on any atom is -0.326 e. The van der Waals surface area contributed by atoms with E-state index in [0.29, 0.717) is 6.54 Å². The van der Waals surface area contributed by atoms with Crippen molar-refractivity contribution >= 4 is 23.2 Å². The second-order valence-electron chi connectivity index (χ2n) is 2.54. The largest absolute Gasteiger partial charge is 0.326 e. The zero-order chi connectivity index (χ0) is 11.7. The molecule has 15 heavy (non-hydrogen) atoms. The highest BCUT2D eigenvalue weighted by Crippen LogP contribution is 2.13. The molecule has 0 spiro atoms. The van der Waals surface area contributed by atoms with Crippen LogP contribution in [0.25, 0.3) is 0 Å². The summed E-state index contributed by atoms with van der Waals surface area (Å²) < 4.78 is 0. The molecular weight excluding hydrogens is 212 g/mol. The fourth-order valence-corrected chi connectivity index (χ4v) is 1.07. The summed E-state index contributed by atoms with van der Waals surface area (Å²) in [6.07, 6.45) is 0. The molecule has 0 bridgehead atoms. The van der Waals surface area contributed by atoms with Crippen LogP contribution < -0.4 is 11.1 Å². The number of nitrogens with two attached hydrogens (primary N) is 1. The van der Waals surface area contributed by atoms with Gasteiger partial charge in [-0.05, 0) is 11.6 Å². The van der Waals surface area contributed by atoms with E-state index in [1.54, 1.807) is 6.07 Å². The van der Waals surface area contributed by atoms with Gasteiger partial charge in [0.15, 0.2) is 0 Å². The predicted molar refractivity (Wildman–Crippen MR) is 65.0 cm³/mol. The van der Waals surface area contributed by atoms with E-state index in [4.69, 9.17) is 17.3 Å². The number of halogens is 1. The van der Waals surface area contributed by atoms with Gasteiger partial charge in [0.1, 0.15) is 5.88 Å². The number of alkyl halides is 1. The number of carbonyl (C=O) groups is 1. The third kappa shape index (κ3) is 4.81. The van der Waals surface area contributed by atoms with E-state index in [1.807, 2.05) is 32.0 Å². The summed E-state index contributed by atoms with van der Waals surface area (Å²) in [7, 11) is 0. The predicted octanol–water partition coefficient (Wildman–Crippen LogP) is 2.35. The molecule has 0 fully saturated rings. The van der Waals surface area contributed by atoms with Gasteiger partial charge in [0.25, 0.3) is 0 Å². The summed E-state index contributed by atoms with van der Waals surface area (Å²) in [4.78, 5) is 11.0. The fourth-order valence-electron chi connectivity index (χ4n) is 1.00. The van der Waals surface area contributed by atoms with Gasteiger partial charge in [-0.2, -0.15) is 0 Å². The molecule has 84 valence electrons. The molecule has 0 saturated heterocycles. The normalized spacial score (nSPS) is 8.80. The Balaban J connectivity index is 0.000000921. The Hall–Kier alpha value is -1.06. The molecule has 0 aliphatic carbocycles. The van der Waals surface area contributed by atoms with E-state index >= 15 is 0 Å². The van der Waals surface area contributed by atoms with Gasteiger partial charge in [-0.15, -0.1) is 11.6 Å². The summed E-state index contributed by atoms with van der Waals surface area (Å²) in [5.41, 5.74) is 7.12. The van der Waals surface area contributed by atoms with E-state index in [2.05, 4.69) is 5.32 Å². The average molecular weight is 229 g/mol. The smallest absolute Gasteiger partial charge is 0.239 e. The first-order valence-electron chi connectivity index (χ1n) is 4.91. The monoisotopic (exact) mass is 228 g/mol. The molecule has 0 heterocycles. The van der Waals surface area contributed by atoms with Gasteiger partial charge in [-0.25, -0.2) is 0 Å². The molecule has 1 amide bonds. The Morgan fingerprint density at radius 1 is 1.40 bits per heavy atom. The first-order valence-corrected chi connectivity index (χ1v) is 5.45. The van der Waals surface area contributed by atoms with Crippen LogP contribution in [0, 0.1) is 0 Å². The lowest BCUT2D eigenvalue weighted by molar-refractivity contribution is -0.113. The molecule has 4 heteroatoms. The Bertz CT molecular complexity index is 302. The number of hydrogen-bond donors (Lipinski definition) is 2. The minimum absolute atomic E-state index is 0.0428. The van der Waals surface area contributed by atoms with E-state index in [1.165, 1.54) is 0 Å². The quantitative estimate of drug-likeness (QED) is 0.781. The maximum absolute atomic E-state index is 11.0. The molecule has 0 aliphatic heterocycles. The molecule has 3 N–H and O–H groups in total. The number of carbonyl (C=O) groups excluding carboxylic acids is 1. The second-order valence-corrected chi connectivity index (χ2v) is 2.81. The van der Waals surface area contributed by atoms with Crippen LogP contribution in [0.5, 0.6) is 0 Å². The molecule has 0 aliphatic rings. The first kappa shape index (κ1) is 13.9. The van der Waals surface area contributed by atoms with Crippen LogP contribution >= 0.6 is 11.6 Å². The molecule has 0 saturated carbocycles. The number of nitrogens with one attached hydrogen (secondary N) is 1. The molecule has 0 unspecified atom stereocenters. The van der Waals surface area contributed by atoms with Crippen LogP contribution in [0.4, 0.5) is 5.69 Å². The Morgan fingerprint density at radius 2 is 2.00 bits per heavy atom. The molecular formula is C11H17ClN2O. The summed E-state index contributed by atoms with van der Waals surface area (Å²) >= 11 is 5.35. The number of hydrogen-bond acceptors (Lipinski definition) is 2. The number of anilines is 1. The van der Waals surface area contributed by atoms with Gasteiger partial charge in [-0.3, -0.25) is 4.79 Å². The van der Waals surface area contributed by atoms with Gasteiger partial charge >= 0.3 is 0 Å². The van der Waals surface area contributed by atoms with Gasteiger partial charge in [0.05, 0.1) is 0 Å². The molecule has 0 atom stereocenters. The van der Waals surface area contributed by atoms with E-state index in [9.17, 15) is 4.79 Å². The average Bonchev–Trinajstić information content (AvgIpc) is 2.32.